The van der Waals surface area contributed by atoms with E-state index in [2.05, 4.69) is 15.2 Å². The Hall–Kier alpha value is -2.44. The van der Waals surface area contributed by atoms with Crippen molar-refractivity contribution in [3.63, 3.8) is 0 Å². The van der Waals surface area contributed by atoms with Crippen molar-refractivity contribution in [1.82, 2.24) is 15.2 Å². The number of fused-ring (bicyclic) bond motifs is 1. The molecule has 1 aromatic heterocycles. The lowest BCUT2D eigenvalue weighted by Gasteiger charge is -2.32. The van der Waals surface area contributed by atoms with Gasteiger partial charge in [-0.15, -0.1) is 0 Å². The predicted molar refractivity (Wildman–Crippen MR) is 103 cm³/mol. The van der Waals surface area contributed by atoms with Crippen molar-refractivity contribution >= 4 is 11.1 Å². The Morgan fingerprint density at radius 1 is 1.11 bits per heavy atom. The van der Waals surface area contributed by atoms with E-state index in [4.69, 9.17) is 4.42 Å². The zero-order chi connectivity index (χ0) is 18.6. The van der Waals surface area contributed by atoms with Crippen LogP contribution in [0.5, 0.6) is 0 Å². The van der Waals surface area contributed by atoms with Crippen molar-refractivity contribution in [2.75, 3.05) is 19.6 Å². The molecule has 2 aromatic carbocycles. The van der Waals surface area contributed by atoms with Crippen molar-refractivity contribution in [2.45, 2.75) is 31.8 Å². The minimum absolute atomic E-state index is 0.177. The Balaban J connectivity index is 1.21. The molecule has 2 N–H and O–H groups in total. The van der Waals surface area contributed by atoms with Crippen LogP contribution in [-0.4, -0.2) is 35.6 Å². The van der Waals surface area contributed by atoms with Gasteiger partial charge in [0.15, 0.2) is 5.58 Å². The topological polar surface area (TPSA) is 61.3 Å². The molecule has 27 heavy (non-hydrogen) atoms. The summed E-state index contributed by atoms with van der Waals surface area (Å²) >= 11 is 0. The molecule has 0 aliphatic carbocycles. The van der Waals surface area contributed by atoms with Crippen molar-refractivity contribution in [3.05, 3.63) is 70.0 Å². The molecule has 0 saturated carbocycles. The van der Waals surface area contributed by atoms with Crippen molar-refractivity contribution in [1.29, 1.82) is 0 Å². The van der Waals surface area contributed by atoms with Gasteiger partial charge in [0.2, 0.25) is 0 Å². The SMILES string of the molecule is O=c1[nH]c2cc(CNC3CCN(CCc4ccc(F)cc4)CC3)ccc2o1. The van der Waals surface area contributed by atoms with Crippen LogP contribution in [0.2, 0.25) is 0 Å². The number of rotatable bonds is 6. The number of likely N-dealkylation sites (tertiary alicyclic amines) is 1. The van der Waals surface area contributed by atoms with E-state index in [0.29, 0.717) is 11.6 Å². The normalized spacial score (nSPS) is 16.2. The summed E-state index contributed by atoms with van der Waals surface area (Å²) in [7, 11) is 0. The van der Waals surface area contributed by atoms with E-state index in [1.165, 1.54) is 17.7 Å². The van der Waals surface area contributed by atoms with Gasteiger partial charge in [0.05, 0.1) is 5.52 Å². The summed E-state index contributed by atoms with van der Waals surface area (Å²) in [6.07, 6.45) is 3.20. The molecule has 0 atom stereocenters. The highest BCUT2D eigenvalue weighted by atomic mass is 19.1. The van der Waals surface area contributed by atoms with Crippen LogP contribution in [0, 0.1) is 5.82 Å². The number of hydrogen-bond donors (Lipinski definition) is 2. The first kappa shape index (κ1) is 17.9. The maximum absolute atomic E-state index is 13.0. The Bertz CT molecular complexity index is 940. The molecule has 0 amide bonds. The average Bonchev–Trinajstić information content (AvgIpc) is 3.06. The molecule has 5 nitrogen and oxygen atoms in total. The number of hydrogen-bond acceptors (Lipinski definition) is 4. The molecule has 142 valence electrons. The first-order valence-corrected chi connectivity index (χ1v) is 9.48. The fraction of sp³-hybridized carbons (Fsp3) is 0.381. The molecular weight excluding hydrogens is 345 g/mol. The third-order valence-electron chi connectivity index (χ3n) is 5.30. The Morgan fingerprint density at radius 2 is 1.85 bits per heavy atom. The molecule has 0 spiro atoms. The van der Waals surface area contributed by atoms with Crippen LogP contribution in [0.3, 0.4) is 0 Å². The molecular formula is C21H24FN3O2. The lowest BCUT2D eigenvalue weighted by Crippen LogP contribution is -2.42. The highest BCUT2D eigenvalue weighted by molar-refractivity contribution is 5.72. The Kier molecular flexibility index (Phi) is 5.36. The number of oxazole rings is 1. The van der Waals surface area contributed by atoms with Gasteiger partial charge in [0, 0.05) is 19.1 Å². The molecule has 6 heteroatoms. The highest BCUT2D eigenvalue weighted by Gasteiger charge is 2.18. The third kappa shape index (κ3) is 4.64. The monoisotopic (exact) mass is 369 g/mol. The second-order valence-electron chi connectivity index (χ2n) is 7.22. The zero-order valence-electron chi connectivity index (χ0n) is 15.2. The number of H-pyrrole nitrogens is 1. The zero-order valence-corrected chi connectivity index (χ0v) is 15.2. The predicted octanol–water partition coefficient (Wildman–Crippen LogP) is 3.06. The van der Waals surface area contributed by atoms with E-state index in [1.54, 1.807) is 0 Å². The minimum Gasteiger partial charge on any atom is -0.408 e. The largest absolute Gasteiger partial charge is 0.417 e. The molecule has 3 aromatic rings. The smallest absolute Gasteiger partial charge is 0.408 e. The summed E-state index contributed by atoms with van der Waals surface area (Å²) in [6, 6.07) is 13.1. The molecule has 0 radical (unpaired) electrons. The second-order valence-corrected chi connectivity index (χ2v) is 7.22. The van der Waals surface area contributed by atoms with Crippen LogP contribution in [0.25, 0.3) is 11.1 Å². The van der Waals surface area contributed by atoms with Crippen molar-refractivity contribution < 1.29 is 8.81 Å². The van der Waals surface area contributed by atoms with Gasteiger partial charge in [-0.05, 0) is 67.7 Å². The first-order chi connectivity index (χ1) is 13.2. The van der Waals surface area contributed by atoms with Gasteiger partial charge in [-0.25, -0.2) is 9.18 Å². The molecule has 1 aliphatic heterocycles. The molecule has 0 unspecified atom stereocenters. The van der Waals surface area contributed by atoms with Gasteiger partial charge >= 0.3 is 5.76 Å². The lowest BCUT2D eigenvalue weighted by atomic mass is 10.0. The summed E-state index contributed by atoms with van der Waals surface area (Å²) in [6.45, 7) is 3.95. The summed E-state index contributed by atoms with van der Waals surface area (Å²) in [4.78, 5) is 16.4. The quantitative estimate of drug-likeness (QED) is 0.701. The van der Waals surface area contributed by atoms with Crippen LogP contribution in [0.1, 0.15) is 24.0 Å². The summed E-state index contributed by atoms with van der Waals surface area (Å²) < 4.78 is 18.0. The van der Waals surface area contributed by atoms with Gasteiger partial charge in [-0.2, -0.15) is 0 Å². The van der Waals surface area contributed by atoms with E-state index in [0.717, 1.165) is 56.5 Å². The number of nitrogens with one attached hydrogen (secondary N) is 2. The van der Waals surface area contributed by atoms with Crippen LogP contribution >= 0.6 is 0 Å². The summed E-state index contributed by atoms with van der Waals surface area (Å²) in [5.41, 5.74) is 3.66. The number of halogens is 1. The third-order valence-corrected chi connectivity index (χ3v) is 5.30. The summed E-state index contributed by atoms with van der Waals surface area (Å²) in [5.74, 6) is -0.591. The molecule has 0 bridgehead atoms. The molecule has 4 rings (SSSR count). The van der Waals surface area contributed by atoms with E-state index >= 15 is 0 Å². The lowest BCUT2D eigenvalue weighted by molar-refractivity contribution is 0.199. The van der Waals surface area contributed by atoms with E-state index < -0.39 is 5.76 Å². The van der Waals surface area contributed by atoms with Crippen LogP contribution in [0.15, 0.2) is 51.7 Å². The van der Waals surface area contributed by atoms with E-state index in [-0.39, 0.29) is 5.82 Å². The van der Waals surface area contributed by atoms with Crippen molar-refractivity contribution in [3.8, 4) is 0 Å². The summed E-state index contributed by atoms with van der Waals surface area (Å²) in [5, 5.41) is 3.62. The van der Waals surface area contributed by atoms with E-state index in [9.17, 15) is 9.18 Å². The highest BCUT2D eigenvalue weighted by Crippen LogP contribution is 2.15. The second kappa shape index (κ2) is 8.06. The Labute approximate surface area is 157 Å². The number of aromatic amines is 1. The van der Waals surface area contributed by atoms with Gasteiger partial charge < -0.3 is 14.6 Å². The Morgan fingerprint density at radius 3 is 2.63 bits per heavy atom. The number of nitrogens with zero attached hydrogens (tertiary/aromatic N) is 1. The van der Waals surface area contributed by atoms with Crippen LogP contribution in [-0.2, 0) is 13.0 Å². The van der Waals surface area contributed by atoms with Gasteiger partial charge in [-0.1, -0.05) is 18.2 Å². The van der Waals surface area contributed by atoms with Gasteiger partial charge in [0.1, 0.15) is 5.82 Å². The number of aromatic nitrogens is 1. The fourth-order valence-electron chi connectivity index (χ4n) is 3.67. The maximum atomic E-state index is 13.0. The number of piperidine rings is 1. The first-order valence-electron chi connectivity index (χ1n) is 9.48. The van der Waals surface area contributed by atoms with Crippen LogP contribution in [0.4, 0.5) is 4.39 Å². The number of benzene rings is 2. The van der Waals surface area contributed by atoms with Gasteiger partial charge in [-0.3, -0.25) is 4.98 Å². The van der Waals surface area contributed by atoms with E-state index in [1.807, 2.05) is 30.3 Å². The molecule has 1 aliphatic rings. The van der Waals surface area contributed by atoms with Crippen LogP contribution < -0.4 is 11.1 Å². The average molecular weight is 369 g/mol. The van der Waals surface area contributed by atoms with Gasteiger partial charge in [0.25, 0.3) is 0 Å². The van der Waals surface area contributed by atoms with Crippen molar-refractivity contribution in [2.24, 2.45) is 0 Å². The fourth-order valence-corrected chi connectivity index (χ4v) is 3.67. The standard InChI is InChI=1S/C21H24FN3O2/c22-17-4-1-15(2-5-17)7-10-25-11-8-18(9-12-25)23-14-16-3-6-20-19(13-16)24-21(26)27-20/h1-6,13,18,23H,7-12,14H2,(H,24,26). The minimum atomic E-state index is -0.414. The molecule has 1 saturated heterocycles. The maximum Gasteiger partial charge on any atom is 0.417 e. The molecule has 2 heterocycles. The molecule has 1 fully saturated rings.